The van der Waals surface area contributed by atoms with Gasteiger partial charge in [0.15, 0.2) is 0 Å². The lowest BCUT2D eigenvalue weighted by Gasteiger charge is -2.17. The molecule has 2 aromatic rings. The fraction of sp³-hybridized carbons (Fsp3) is 0.312. The highest BCUT2D eigenvalue weighted by molar-refractivity contribution is 7.89. The summed E-state index contributed by atoms with van der Waals surface area (Å²) in [6.45, 7) is 0.506. The molecule has 138 valence electrons. The number of hydrogen-bond donors (Lipinski definition) is 0. The number of rotatable bonds is 5. The molecule has 1 aliphatic rings. The van der Waals surface area contributed by atoms with Crippen LogP contribution in [0.4, 0.5) is 0 Å². The first kappa shape index (κ1) is 18.6. The van der Waals surface area contributed by atoms with Gasteiger partial charge in [-0.2, -0.15) is 4.31 Å². The van der Waals surface area contributed by atoms with Crippen molar-refractivity contribution in [2.75, 3.05) is 20.2 Å². The number of benzene rings is 1. The van der Waals surface area contributed by atoms with Crippen LogP contribution in [0, 0.1) is 0 Å². The SMILES string of the molecule is COC(=O)c1ccc(S(=O)(=O)N2CC[C@H](Oc3ncc(Cl)cn3)C2)cc1. The summed E-state index contributed by atoms with van der Waals surface area (Å²) in [5, 5.41) is 0.392. The second-order valence-corrected chi connectivity index (χ2v) is 7.97. The van der Waals surface area contributed by atoms with Crippen molar-refractivity contribution in [1.82, 2.24) is 14.3 Å². The summed E-state index contributed by atoms with van der Waals surface area (Å²) >= 11 is 5.72. The van der Waals surface area contributed by atoms with Gasteiger partial charge in [0.05, 0.1) is 41.5 Å². The minimum absolute atomic E-state index is 0.105. The van der Waals surface area contributed by atoms with Crippen LogP contribution in [0.25, 0.3) is 0 Å². The highest BCUT2D eigenvalue weighted by atomic mass is 35.5. The van der Waals surface area contributed by atoms with Crippen LogP contribution in [0.5, 0.6) is 6.01 Å². The van der Waals surface area contributed by atoms with E-state index in [2.05, 4.69) is 14.7 Å². The minimum Gasteiger partial charge on any atom is -0.465 e. The molecule has 1 aromatic heterocycles. The molecule has 1 aliphatic heterocycles. The summed E-state index contributed by atoms with van der Waals surface area (Å²) in [5.74, 6) is -0.522. The Morgan fingerprint density at radius 1 is 1.23 bits per heavy atom. The number of sulfonamides is 1. The Labute approximate surface area is 155 Å². The van der Waals surface area contributed by atoms with E-state index in [0.717, 1.165) is 0 Å². The van der Waals surface area contributed by atoms with E-state index >= 15 is 0 Å². The van der Waals surface area contributed by atoms with Crippen LogP contribution in [0.2, 0.25) is 5.02 Å². The number of aromatic nitrogens is 2. The lowest BCUT2D eigenvalue weighted by atomic mass is 10.2. The molecule has 0 unspecified atom stereocenters. The highest BCUT2D eigenvalue weighted by Gasteiger charge is 2.34. The standard InChI is InChI=1S/C16H16ClN3O5S/c1-24-15(21)11-2-4-14(5-3-11)26(22,23)20-7-6-13(10-20)25-16-18-8-12(17)9-19-16/h2-5,8-9,13H,6-7,10H2,1H3/t13-/m0/s1. The van der Waals surface area contributed by atoms with Crippen LogP contribution in [-0.4, -0.2) is 55.0 Å². The van der Waals surface area contributed by atoms with E-state index in [4.69, 9.17) is 16.3 Å². The third-order valence-corrected chi connectivity index (χ3v) is 5.96. The molecule has 3 rings (SSSR count). The van der Waals surface area contributed by atoms with E-state index in [0.29, 0.717) is 18.0 Å². The normalized spacial score (nSPS) is 17.8. The molecule has 1 atom stereocenters. The average Bonchev–Trinajstić information content (AvgIpc) is 3.12. The van der Waals surface area contributed by atoms with Gasteiger partial charge in [0, 0.05) is 6.54 Å². The van der Waals surface area contributed by atoms with Gasteiger partial charge >= 0.3 is 12.0 Å². The molecular formula is C16H16ClN3O5S. The van der Waals surface area contributed by atoms with Crippen molar-refractivity contribution in [1.29, 1.82) is 0 Å². The number of carbonyl (C=O) groups excluding carboxylic acids is 1. The summed E-state index contributed by atoms with van der Waals surface area (Å²) in [7, 11) is -2.41. The Morgan fingerprint density at radius 3 is 2.50 bits per heavy atom. The number of esters is 1. The monoisotopic (exact) mass is 397 g/mol. The van der Waals surface area contributed by atoms with Crippen molar-refractivity contribution < 1.29 is 22.7 Å². The van der Waals surface area contributed by atoms with Crippen molar-refractivity contribution in [3.8, 4) is 6.01 Å². The maximum atomic E-state index is 12.7. The molecule has 1 fully saturated rings. The van der Waals surface area contributed by atoms with Gasteiger partial charge in [-0.05, 0) is 30.7 Å². The van der Waals surface area contributed by atoms with Crippen LogP contribution < -0.4 is 4.74 Å². The maximum Gasteiger partial charge on any atom is 0.337 e. The van der Waals surface area contributed by atoms with Gasteiger partial charge < -0.3 is 9.47 Å². The van der Waals surface area contributed by atoms with Crippen molar-refractivity contribution in [3.63, 3.8) is 0 Å². The lowest BCUT2D eigenvalue weighted by molar-refractivity contribution is 0.0600. The molecule has 0 bridgehead atoms. The predicted octanol–water partition coefficient (Wildman–Crippen LogP) is 1.76. The van der Waals surface area contributed by atoms with Crippen LogP contribution in [-0.2, 0) is 14.8 Å². The second-order valence-electron chi connectivity index (χ2n) is 5.59. The lowest BCUT2D eigenvalue weighted by Crippen LogP contribution is -2.31. The van der Waals surface area contributed by atoms with E-state index in [1.54, 1.807) is 0 Å². The molecule has 10 heteroatoms. The minimum atomic E-state index is -3.68. The molecule has 0 N–H and O–H groups in total. The molecule has 26 heavy (non-hydrogen) atoms. The summed E-state index contributed by atoms with van der Waals surface area (Å²) in [6, 6.07) is 5.77. The Morgan fingerprint density at radius 2 is 1.88 bits per heavy atom. The number of halogens is 1. The van der Waals surface area contributed by atoms with Crippen LogP contribution in [0.1, 0.15) is 16.8 Å². The van der Waals surface area contributed by atoms with Gasteiger partial charge in [-0.15, -0.1) is 0 Å². The average molecular weight is 398 g/mol. The first-order chi connectivity index (χ1) is 12.4. The Kier molecular flexibility index (Phi) is 5.40. The number of nitrogens with zero attached hydrogens (tertiary/aromatic N) is 3. The van der Waals surface area contributed by atoms with E-state index in [9.17, 15) is 13.2 Å². The predicted molar refractivity (Wildman–Crippen MR) is 92.6 cm³/mol. The number of carbonyl (C=O) groups is 1. The largest absolute Gasteiger partial charge is 0.465 e. The van der Waals surface area contributed by atoms with Crippen molar-refractivity contribution in [2.24, 2.45) is 0 Å². The molecule has 8 nitrogen and oxygen atoms in total. The maximum absolute atomic E-state index is 12.7. The van der Waals surface area contributed by atoms with Crippen molar-refractivity contribution in [2.45, 2.75) is 17.4 Å². The Bertz CT molecular complexity index is 887. The molecular weight excluding hydrogens is 382 g/mol. The molecule has 0 saturated carbocycles. The molecule has 0 spiro atoms. The first-order valence-electron chi connectivity index (χ1n) is 7.73. The second kappa shape index (κ2) is 7.56. The van der Waals surface area contributed by atoms with Gasteiger partial charge in [0.2, 0.25) is 10.0 Å². The smallest absolute Gasteiger partial charge is 0.337 e. The number of ether oxygens (including phenoxy) is 2. The van der Waals surface area contributed by atoms with Crippen LogP contribution in [0.15, 0.2) is 41.6 Å². The molecule has 0 aliphatic carbocycles. The molecule has 1 aromatic carbocycles. The third kappa shape index (κ3) is 3.95. The summed E-state index contributed by atoms with van der Waals surface area (Å²) in [6.07, 6.45) is 3.00. The topological polar surface area (TPSA) is 98.7 Å². The van der Waals surface area contributed by atoms with Gasteiger partial charge in [-0.3, -0.25) is 0 Å². The third-order valence-electron chi connectivity index (χ3n) is 3.89. The zero-order valence-corrected chi connectivity index (χ0v) is 15.4. The fourth-order valence-electron chi connectivity index (χ4n) is 2.55. The number of methoxy groups -OCH3 is 1. The van der Waals surface area contributed by atoms with Crippen LogP contribution in [0.3, 0.4) is 0 Å². The number of hydrogen-bond acceptors (Lipinski definition) is 7. The van der Waals surface area contributed by atoms with Gasteiger partial charge in [-0.1, -0.05) is 11.6 Å². The van der Waals surface area contributed by atoms with E-state index in [1.807, 2.05) is 0 Å². The summed E-state index contributed by atoms with van der Waals surface area (Å²) in [5.41, 5.74) is 0.286. The highest BCUT2D eigenvalue weighted by Crippen LogP contribution is 2.23. The van der Waals surface area contributed by atoms with E-state index in [1.165, 1.54) is 48.1 Å². The Balaban J connectivity index is 1.68. The zero-order valence-electron chi connectivity index (χ0n) is 13.8. The summed E-state index contributed by atoms with van der Waals surface area (Å²) < 4.78 is 37.0. The van der Waals surface area contributed by atoms with Gasteiger partial charge in [0.25, 0.3) is 0 Å². The molecule has 1 saturated heterocycles. The van der Waals surface area contributed by atoms with Gasteiger partial charge in [0.1, 0.15) is 6.10 Å². The fourth-order valence-corrected chi connectivity index (χ4v) is 4.14. The first-order valence-corrected chi connectivity index (χ1v) is 9.54. The van der Waals surface area contributed by atoms with E-state index < -0.39 is 16.0 Å². The quantitative estimate of drug-likeness (QED) is 0.709. The molecule has 2 heterocycles. The zero-order chi connectivity index (χ0) is 18.7. The van der Waals surface area contributed by atoms with Crippen molar-refractivity contribution >= 4 is 27.6 Å². The summed E-state index contributed by atoms with van der Waals surface area (Å²) in [4.78, 5) is 19.4. The van der Waals surface area contributed by atoms with E-state index in [-0.39, 0.29) is 29.1 Å². The van der Waals surface area contributed by atoms with Crippen LogP contribution >= 0.6 is 11.6 Å². The molecule has 0 radical (unpaired) electrons. The van der Waals surface area contributed by atoms with Crippen molar-refractivity contribution in [3.05, 3.63) is 47.2 Å². The van der Waals surface area contributed by atoms with Gasteiger partial charge in [-0.25, -0.2) is 23.2 Å². The molecule has 0 amide bonds. The Hall–Kier alpha value is -2.23.